The average molecular weight is 422 g/mol. The highest BCUT2D eigenvalue weighted by Crippen LogP contribution is 2.30. The number of aromatic amines is 1. The van der Waals surface area contributed by atoms with Crippen molar-refractivity contribution in [1.82, 2.24) is 9.97 Å². The minimum absolute atomic E-state index is 0.0203. The third-order valence-electron chi connectivity index (χ3n) is 3.83. The second-order valence-corrected chi connectivity index (χ2v) is 7.62. The van der Waals surface area contributed by atoms with Crippen LogP contribution in [0, 0.1) is 11.6 Å². The van der Waals surface area contributed by atoms with E-state index in [9.17, 15) is 13.6 Å². The van der Waals surface area contributed by atoms with Crippen molar-refractivity contribution in [3.63, 3.8) is 0 Å². The zero-order chi connectivity index (χ0) is 19.0. The van der Waals surface area contributed by atoms with Gasteiger partial charge in [-0.3, -0.25) is 4.79 Å². The topological polar surface area (TPSA) is 57.8 Å². The average Bonchev–Trinajstić information content (AvgIpc) is 3.30. The molecule has 4 rings (SSSR count). The minimum Gasteiger partial charge on any atom is -0.345 e. The number of fused-ring (bicyclic) bond motifs is 1. The monoisotopic (exact) mass is 421 g/mol. The van der Waals surface area contributed by atoms with Crippen LogP contribution in [-0.2, 0) is 0 Å². The van der Waals surface area contributed by atoms with Gasteiger partial charge in [0.2, 0.25) is 5.78 Å². The van der Waals surface area contributed by atoms with Crippen LogP contribution in [0.2, 0.25) is 5.02 Å². The number of H-pyrrole nitrogens is 1. The molecule has 0 bridgehead atoms. The number of carbonyl (C=O) groups is 1. The van der Waals surface area contributed by atoms with E-state index < -0.39 is 23.0 Å². The van der Waals surface area contributed by atoms with Gasteiger partial charge in [-0.2, -0.15) is 11.3 Å². The Kier molecular flexibility index (Phi) is 4.86. The van der Waals surface area contributed by atoms with Crippen LogP contribution in [0.5, 0.6) is 0 Å². The number of halogens is 3. The lowest BCUT2D eigenvalue weighted by Gasteiger charge is -2.10. The summed E-state index contributed by atoms with van der Waals surface area (Å²) in [4.78, 5) is 20.6. The molecule has 0 radical (unpaired) electrons. The summed E-state index contributed by atoms with van der Waals surface area (Å²) in [7, 11) is 0. The largest absolute Gasteiger partial charge is 0.345 e. The SMILES string of the molecule is O=C(c1c(F)ccc(NSc2ccsc2)c1F)c1c[nH]c2ncc(Cl)cc12. The number of ketones is 1. The van der Waals surface area contributed by atoms with Crippen LogP contribution in [0.4, 0.5) is 14.5 Å². The predicted molar refractivity (Wildman–Crippen MR) is 105 cm³/mol. The molecule has 0 unspecified atom stereocenters. The maximum absolute atomic E-state index is 14.9. The summed E-state index contributed by atoms with van der Waals surface area (Å²) < 4.78 is 32.0. The quantitative estimate of drug-likeness (QED) is 0.311. The number of carbonyl (C=O) groups excluding carboxylic acids is 1. The molecule has 136 valence electrons. The van der Waals surface area contributed by atoms with Gasteiger partial charge < -0.3 is 9.71 Å². The number of hydrogen-bond acceptors (Lipinski definition) is 5. The van der Waals surface area contributed by atoms with Crippen LogP contribution >= 0.6 is 34.9 Å². The van der Waals surface area contributed by atoms with E-state index in [0.29, 0.717) is 16.1 Å². The molecule has 0 atom stereocenters. The van der Waals surface area contributed by atoms with Crippen molar-refractivity contribution in [2.45, 2.75) is 4.90 Å². The highest BCUT2D eigenvalue weighted by Gasteiger charge is 2.24. The lowest BCUT2D eigenvalue weighted by Crippen LogP contribution is -2.09. The standard InChI is InChI=1S/C18H10ClF2N3OS2/c19-9-5-11-12(7-23-18(11)22-6-9)17(25)15-13(20)1-2-14(16(15)21)24-27-10-3-4-26-8-10/h1-8,24H,(H,22,23). The molecule has 3 aromatic heterocycles. The molecular weight excluding hydrogens is 412 g/mol. The van der Waals surface area contributed by atoms with Gasteiger partial charge in [0.15, 0.2) is 5.82 Å². The Morgan fingerprint density at radius 1 is 1.30 bits per heavy atom. The Balaban J connectivity index is 1.72. The van der Waals surface area contributed by atoms with Crippen LogP contribution in [0.15, 0.2) is 52.3 Å². The van der Waals surface area contributed by atoms with Gasteiger partial charge >= 0.3 is 0 Å². The van der Waals surface area contributed by atoms with Crippen molar-refractivity contribution in [2.75, 3.05) is 4.72 Å². The smallest absolute Gasteiger partial charge is 0.201 e. The summed E-state index contributed by atoms with van der Waals surface area (Å²) in [6.45, 7) is 0. The van der Waals surface area contributed by atoms with Crippen LogP contribution < -0.4 is 4.72 Å². The number of benzene rings is 1. The van der Waals surface area contributed by atoms with Gasteiger partial charge in [-0.25, -0.2) is 13.8 Å². The van der Waals surface area contributed by atoms with Gasteiger partial charge in [-0.1, -0.05) is 11.6 Å². The van der Waals surface area contributed by atoms with Crippen molar-refractivity contribution in [1.29, 1.82) is 0 Å². The van der Waals surface area contributed by atoms with E-state index in [1.807, 2.05) is 16.8 Å². The van der Waals surface area contributed by atoms with Gasteiger partial charge in [0.05, 0.1) is 16.3 Å². The highest BCUT2D eigenvalue weighted by atomic mass is 35.5. The van der Waals surface area contributed by atoms with Crippen molar-refractivity contribution >= 4 is 57.4 Å². The van der Waals surface area contributed by atoms with Crippen molar-refractivity contribution in [2.24, 2.45) is 0 Å². The van der Waals surface area contributed by atoms with Gasteiger partial charge in [-0.05, 0) is 41.6 Å². The third kappa shape index (κ3) is 3.43. The molecule has 0 saturated carbocycles. The zero-order valence-electron chi connectivity index (χ0n) is 13.4. The van der Waals surface area contributed by atoms with E-state index in [4.69, 9.17) is 11.6 Å². The molecule has 4 nitrogen and oxygen atoms in total. The number of rotatable bonds is 5. The molecule has 0 aliphatic rings. The van der Waals surface area contributed by atoms with E-state index in [0.717, 1.165) is 11.0 Å². The maximum Gasteiger partial charge on any atom is 0.201 e. The lowest BCUT2D eigenvalue weighted by molar-refractivity contribution is 0.103. The molecule has 0 amide bonds. The summed E-state index contributed by atoms with van der Waals surface area (Å²) in [5.74, 6) is -2.68. The molecule has 1 aromatic carbocycles. The number of anilines is 1. The Hall–Kier alpha value is -2.42. The predicted octanol–water partition coefficient (Wildman–Crippen LogP) is 5.91. The Morgan fingerprint density at radius 3 is 2.93 bits per heavy atom. The second kappa shape index (κ2) is 7.30. The number of aromatic nitrogens is 2. The Bertz CT molecular complexity index is 1150. The van der Waals surface area contributed by atoms with Crippen molar-refractivity contribution in [3.05, 3.63) is 75.2 Å². The summed E-state index contributed by atoms with van der Waals surface area (Å²) in [5, 5.41) is 4.49. The van der Waals surface area contributed by atoms with Gasteiger partial charge in [-0.15, -0.1) is 0 Å². The molecule has 0 spiro atoms. The van der Waals surface area contributed by atoms with E-state index >= 15 is 0 Å². The van der Waals surface area contributed by atoms with Crippen LogP contribution in [0.3, 0.4) is 0 Å². The number of nitrogens with zero attached hydrogens (tertiary/aromatic N) is 1. The zero-order valence-corrected chi connectivity index (χ0v) is 15.8. The van der Waals surface area contributed by atoms with Crippen molar-refractivity contribution in [3.8, 4) is 0 Å². The van der Waals surface area contributed by atoms with E-state index in [2.05, 4.69) is 14.7 Å². The van der Waals surface area contributed by atoms with Gasteiger partial charge in [0, 0.05) is 33.6 Å². The first kappa shape index (κ1) is 18.0. The first-order valence-corrected chi connectivity index (χ1v) is 9.78. The molecule has 2 N–H and O–H groups in total. The normalized spacial score (nSPS) is 11.1. The molecule has 0 aliphatic carbocycles. The van der Waals surface area contributed by atoms with Crippen LogP contribution in [0.25, 0.3) is 11.0 Å². The fraction of sp³-hybridized carbons (Fsp3) is 0. The second-order valence-electron chi connectivity index (χ2n) is 5.53. The lowest BCUT2D eigenvalue weighted by atomic mass is 10.0. The van der Waals surface area contributed by atoms with Crippen LogP contribution in [0.1, 0.15) is 15.9 Å². The van der Waals surface area contributed by atoms with E-state index in [1.165, 1.54) is 47.8 Å². The minimum atomic E-state index is -0.952. The van der Waals surface area contributed by atoms with Crippen molar-refractivity contribution < 1.29 is 13.6 Å². The summed E-state index contributed by atoms with van der Waals surface area (Å²) >= 11 is 8.61. The first-order valence-electron chi connectivity index (χ1n) is 7.65. The molecule has 27 heavy (non-hydrogen) atoms. The Labute approximate surface area is 165 Å². The van der Waals surface area contributed by atoms with Crippen LogP contribution in [-0.4, -0.2) is 15.8 Å². The Morgan fingerprint density at radius 2 is 2.15 bits per heavy atom. The molecule has 9 heteroatoms. The summed E-state index contributed by atoms with van der Waals surface area (Å²) in [5.41, 5.74) is -0.106. The third-order valence-corrected chi connectivity index (χ3v) is 5.69. The maximum atomic E-state index is 14.9. The molecular formula is C18H10ClF2N3OS2. The first-order chi connectivity index (χ1) is 13.0. The molecule has 0 aliphatic heterocycles. The fourth-order valence-corrected chi connectivity index (χ4v) is 4.20. The van der Waals surface area contributed by atoms with Gasteiger partial charge in [0.1, 0.15) is 11.5 Å². The highest BCUT2D eigenvalue weighted by molar-refractivity contribution is 8.00. The number of nitrogens with one attached hydrogen (secondary N) is 2. The van der Waals surface area contributed by atoms with E-state index in [1.54, 1.807) is 0 Å². The number of pyridine rings is 1. The molecule has 0 saturated heterocycles. The number of thiophene rings is 1. The summed E-state index contributed by atoms with van der Waals surface area (Å²) in [6, 6.07) is 5.71. The summed E-state index contributed by atoms with van der Waals surface area (Å²) in [6.07, 6.45) is 2.79. The molecule has 0 fully saturated rings. The molecule has 4 aromatic rings. The van der Waals surface area contributed by atoms with Gasteiger partial charge in [0.25, 0.3) is 0 Å². The van der Waals surface area contributed by atoms with E-state index in [-0.39, 0.29) is 11.3 Å². The fourth-order valence-electron chi connectivity index (χ4n) is 2.56. The molecule has 3 heterocycles. The number of hydrogen-bond donors (Lipinski definition) is 2.